The van der Waals surface area contributed by atoms with Crippen LogP contribution in [0.1, 0.15) is 23.3 Å². The van der Waals surface area contributed by atoms with Gasteiger partial charge in [-0.05, 0) is 37.1 Å². The fraction of sp³-hybridized carbons (Fsp3) is 0.375. The molecule has 1 aromatic heterocycles. The van der Waals surface area contributed by atoms with Crippen LogP contribution in [0.25, 0.3) is 10.9 Å². The van der Waals surface area contributed by atoms with Crippen LogP contribution >= 0.6 is 15.9 Å². The van der Waals surface area contributed by atoms with Gasteiger partial charge in [0, 0.05) is 29.0 Å². The maximum atomic E-state index is 12.7. The van der Waals surface area contributed by atoms with E-state index in [0.29, 0.717) is 24.9 Å². The molecule has 1 atom stereocenters. The fourth-order valence-electron chi connectivity index (χ4n) is 2.97. The van der Waals surface area contributed by atoms with Gasteiger partial charge in [-0.25, -0.2) is 18.1 Å². The van der Waals surface area contributed by atoms with Crippen molar-refractivity contribution in [3.05, 3.63) is 40.5 Å². The summed E-state index contributed by atoms with van der Waals surface area (Å²) in [5.74, 6) is -0.437. The third-order valence-corrected chi connectivity index (χ3v) is 5.97. The van der Waals surface area contributed by atoms with Crippen molar-refractivity contribution in [3.63, 3.8) is 0 Å². The Balaban J connectivity index is 1.76. The number of fused-ring (bicyclic) bond motifs is 1. The molecule has 1 amide bonds. The molecule has 2 aromatic rings. The van der Waals surface area contributed by atoms with Crippen molar-refractivity contribution in [2.24, 2.45) is 0 Å². The van der Waals surface area contributed by atoms with E-state index >= 15 is 0 Å². The molecule has 1 aliphatic heterocycles. The number of carbonyl (C=O) groups is 1. The second-order valence-electron chi connectivity index (χ2n) is 6.13. The number of hydrogen-bond donors (Lipinski definition) is 1. The zero-order chi connectivity index (χ0) is 19.8. The monoisotopic (exact) mass is 465 g/mol. The maximum absolute atomic E-state index is 12.7. The smallest absolute Gasteiger partial charge is 0.333 e. The van der Waals surface area contributed by atoms with Crippen LogP contribution in [0.5, 0.6) is 0 Å². The highest BCUT2D eigenvalue weighted by Crippen LogP contribution is 2.24. The highest BCUT2D eigenvalue weighted by atomic mass is 79.9. The highest BCUT2D eigenvalue weighted by molar-refractivity contribution is 9.10. The number of pyridine rings is 1. The average molecular weight is 466 g/mol. The molecule has 0 aliphatic carbocycles. The van der Waals surface area contributed by atoms with Gasteiger partial charge in [0.05, 0.1) is 5.52 Å². The van der Waals surface area contributed by atoms with Crippen LogP contribution in [0.2, 0.25) is 0 Å². The van der Waals surface area contributed by atoms with Crippen LogP contribution in [0, 0.1) is 0 Å². The quantitative estimate of drug-likeness (QED) is 0.752. The van der Waals surface area contributed by atoms with Gasteiger partial charge in [0.2, 0.25) is 0 Å². The van der Waals surface area contributed by atoms with Gasteiger partial charge < -0.3 is 4.90 Å². The van der Waals surface area contributed by atoms with Gasteiger partial charge in [0.15, 0.2) is 0 Å². The molecule has 3 rings (SSSR count). The van der Waals surface area contributed by atoms with Crippen molar-refractivity contribution in [2.75, 3.05) is 13.1 Å². The molecule has 146 valence electrons. The minimum atomic E-state index is -5.44. The van der Waals surface area contributed by atoms with Crippen LogP contribution in [0.15, 0.2) is 34.8 Å². The SMILES string of the molecule is O=C(c1ccc2cc(Br)ccc2n1)N1CCCC1CNS(=O)(=O)C(F)(F)F. The first-order valence-corrected chi connectivity index (χ1v) is 10.3. The molecule has 11 heteroatoms. The third kappa shape index (κ3) is 4.25. The zero-order valence-corrected chi connectivity index (χ0v) is 16.2. The molecular weight excluding hydrogens is 451 g/mol. The van der Waals surface area contributed by atoms with Crippen molar-refractivity contribution < 1.29 is 26.4 Å². The second kappa shape index (κ2) is 7.36. The van der Waals surface area contributed by atoms with Gasteiger partial charge in [-0.1, -0.05) is 22.0 Å². The maximum Gasteiger partial charge on any atom is 0.511 e. The summed E-state index contributed by atoms with van der Waals surface area (Å²) in [5, 5.41) is 0.830. The number of carbonyl (C=O) groups excluding carboxylic acids is 1. The summed E-state index contributed by atoms with van der Waals surface area (Å²) in [6, 6.07) is 8.01. The first-order valence-electron chi connectivity index (χ1n) is 8.02. The molecular formula is C16H15BrF3N3O3S. The molecule has 0 saturated carbocycles. The van der Waals surface area contributed by atoms with Gasteiger partial charge in [0.25, 0.3) is 5.91 Å². The number of hydrogen-bond acceptors (Lipinski definition) is 4. The molecule has 1 unspecified atom stereocenters. The second-order valence-corrected chi connectivity index (χ2v) is 8.80. The molecule has 1 aromatic carbocycles. The Morgan fingerprint density at radius 3 is 2.74 bits per heavy atom. The van der Waals surface area contributed by atoms with E-state index in [2.05, 4.69) is 20.9 Å². The van der Waals surface area contributed by atoms with Crippen LogP contribution in [-0.4, -0.2) is 48.8 Å². The summed E-state index contributed by atoms with van der Waals surface area (Å²) in [7, 11) is -5.44. The van der Waals surface area contributed by atoms with Crippen molar-refractivity contribution in [1.82, 2.24) is 14.6 Å². The number of likely N-dealkylation sites (tertiary alicyclic amines) is 1. The number of sulfonamides is 1. The first-order chi connectivity index (χ1) is 12.6. The topological polar surface area (TPSA) is 79.4 Å². The first kappa shape index (κ1) is 20.0. The number of rotatable bonds is 4. The van der Waals surface area contributed by atoms with E-state index in [1.54, 1.807) is 29.0 Å². The van der Waals surface area contributed by atoms with Crippen LogP contribution in [0.4, 0.5) is 13.2 Å². The lowest BCUT2D eigenvalue weighted by atomic mass is 10.2. The molecule has 27 heavy (non-hydrogen) atoms. The molecule has 1 fully saturated rings. The number of benzene rings is 1. The minimum absolute atomic E-state index is 0.162. The predicted octanol–water partition coefficient (Wildman–Crippen LogP) is 3.04. The summed E-state index contributed by atoms with van der Waals surface area (Å²) >= 11 is 3.35. The lowest BCUT2D eigenvalue weighted by molar-refractivity contribution is -0.0448. The summed E-state index contributed by atoms with van der Waals surface area (Å²) in [4.78, 5) is 18.4. The number of nitrogens with zero attached hydrogens (tertiary/aromatic N) is 2. The van der Waals surface area contributed by atoms with Gasteiger partial charge in [-0.2, -0.15) is 13.2 Å². The van der Waals surface area contributed by atoms with Crippen molar-refractivity contribution in [3.8, 4) is 0 Å². The van der Waals surface area contributed by atoms with Gasteiger partial charge in [-0.3, -0.25) is 4.79 Å². The molecule has 1 aliphatic rings. The highest BCUT2D eigenvalue weighted by Gasteiger charge is 2.46. The van der Waals surface area contributed by atoms with Gasteiger partial charge in [0.1, 0.15) is 5.69 Å². The number of nitrogens with one attached hydrogen (secondary N) is 1. The Morgan fingerprint density at radius 2 is 2.04 bits per heavy atom. The number of halogens is 4. The number of aromatic nitrogens is 1. The van der Waals surface area contributed by atoms with E-state index in [9.17, 15) is 26.4 Å². The molecule has 1 saturated heterocycles. The van der Waals surface area contributed by atoms with Crippen LogP contribution < -0.4 is 4.72 Å². The van der Waals surface area contributed by atoms with Crippen molar-refractivity contribution >= 4 is 42.8 Å². The van der Waals surface area contributed by atoms with Crippen molar-refractivity contribution in [1.29, 1.82) is 0 Å². The summed E-state index contributed by atoms with van der Waals surface area (Å²) in [5.41, 5.74) is -4.61. The van der Waals surface area contributed by atoms with E-state index in [1.165, 1.54) is 4.90 Å². The predicted molar refractivity (Wildman–Crippen MR) is 96.5 cm³/mol. The molecule has 0 spiro atoms. The molecule has 1 N–H and O–H groups in total. The number of alkyl halides is 3. The largest absolute Gasteiger partial charge is 0.511 e. The summed E-state index contributed by atoms with van der Waals surface area (Å²) in [6.07, 6.45) is 0.983. The van der Waals surface area contributed by atoms with E-state index < -0.39 is 34.0 Å². The lowest BCUT2D eigenvalue weighted by Crippen LogP contribution is -2.46. The molecule has 0 bridgehead atoms. The van der Waals surface area contributed by atoms with E-state index in [-0.39, 0.29) is 5.69 Å². The zero-order valence-electron chi connectivity index (χ0n) is 13.8. The Morgan fingerprint density at radius 1 is 1.30 bits per heavy atom. The molecule has 0 radical (unpaired) electrons. The van der Waals surface area contributed by atoms with Gasteiger partial charge in [-0.15, -0.1) is 0 Å². The Bertz CT molecular complexity index is 982. The normalized spacial score (nSPS) is 18.2. The molecule has 6 nitrogen and oxygen atoms in total. The van der Waals surface area contributed by atoms with Crippen LogP contribution in [0.3, 0.4) is 0 Å². The third-order valence-electron chi connectivity index (χ3n) is 4.32. The number of amides is 1. The fourth-order valence-corrected chi connectivity index (χ4v) is 3.92. The molecule has 2 heterocycles. The van der Waals surface area contributed by atoms with Crippen LogP contribution in [-0.2, 0) is 10.0 Å². The summed E-state index contributed by atoms with van der Waals surface area (Å²) < 4.78 is 62.1. The minimum Gasteiger partial charge on any atom is -0.333 e. The Labute approximate surface area is 161 Å². The standard InChI is InChI=1S/C16H15BrF3N3O3S/c17-11-4-6-13-10(8-11)3-5-14(22-13)15(24)23-7-1-2-12(23)9-21-27(25,26)16(18,19)20/h3-6,8,12,21H,1-2,7,9H2. The van der Waals surface area contributed by atoms with Crippen molar-refractivity contribution in [2.45, 2.75) is 24.4 Å². The lowest BCUT2D eigenvalue weighted by Gasteiger charge is -2.25. The Hall–Kier alpha value is -1.72. The van der Waals surface area contributed by atoms with E-state index in [1.807, 2.05) is 6.07 Å². The average Bonchev–Trinajstić information content (AvgIpc) is 3.06. The van der Waals surface area contributed by atoms with Gasteiger partial charge >= 0.3 is 15.5 Å². The summed E-state index contributed by atoms with van der Waals surface area (Å²) in [6.45, 7) is -0.161. The Kier molecular flexibility index (Phi) is 5.46. The van der Waals surface area contributed by atoms with E-state index in [0.717, 1.165) is 9.86 Å². The van der Waals surface area contributed by atoms with E-state index in [4.69, 9.17) is 0 Å².